The van der Waals surface area contributed by atoms with Crippen molar-refractivity contribution in [2.24, 2.45) is 0 Å². The number of fused-ring (bicyclic) bond motifs is 3. The minimum Gasteiger partial charge on any atom is -0.388 e. The molecule has 5 rings (SSSR count). The van der Waals surface area contributed by atoms with Crippen LogP contribution in [0.1, 0.15) is 23.2 Å². The third kappa shape index (κ3) is 3.56. The van der Waals surface area contributed by atoms with Gasteiger partial charge in [0, 0.05) is 36.6 Å². The van der Waals surface area contributed by atoms with Crippen LogP contribution in [0.2, 0.25) is 0 Å². The summed E-state index contributed by atoms with van der Waals surface area (Å²) in [7, 11) is 0. The van der Waals surface area contributed by atoms with Gasteiger partial charge in [-0.15, -0.1) is 5.10 Å². The van der Waals surface area contributed by atoms with Crippen LogP contribution in [0.4, 0.5) is 15.9 Å². The first kappa shape index (κ1) is 20.7. The molecule has 0 N–H and O–H groups in total. The van der Waals surface area contributed by atoms with E-state index in [0.29, 0.717) is 34.3 Å². The summed E-state index contributed by atoms with van der Waals surface area (Å²) in [5, 5.41) is 4.70. The minimum atomic E-state index is -0.717. The van der Waals surface area contributed by atoms with Crippen molar-refractivity contribution >= 4 is 29.2 Å². The predicted molar refractivity (Wildman–Crippen MR) is 118 cm³/mol. The molecule has 4 heterocycles. The molecular weight excluding hydrogens is 435 g/mol. The Kier molecular flexibility index (Phi) is 5.41. The van der Waals surface area contributed by atoms with Crippen molar-refractivity contribution in [3.63, 3.8) is 0 Å². The lowest BCUT2D eigenvalue weighted by Gasteiger charge is -2.27. The van der Waals surface area contributed by atoms with Gasteiger partial charge in [-0.2, -0.15) is 4.68 Å². The standard InChI is InChI=1S/C21H21FN6O3S/c1-32-20-23-11-16-17(24-20)26-8-3-6-15(26)12-27(19(16)29)14-5-2-4-13(10-14)18-25-28(9-7-22)21(30)31-18/h2,4-5,10-11,15H,3,6-9,12H2,1H3. The molecule has 166 valence electrons. The number of thioether (sulfide) groups is 1. The predicted octanol–water partition coefficient (Wildman–Crippen LogP) is 2.61. The average Bonchev–Trinajstić information content (AvgIpc) is 3.41. The van der Waals surface area contributed by atoms with E-state index < -0.39 is 12.4 Å². The molecule has 0 aliphatic carbocycles. The smallest absolute Gasteiger partial charge is 0.388 e. The summed E-state index contributed by atoms with van der Waals surface area (Å²) in [6, 6.07) is 7.25. The van der Waals surface area contributed by atoms with Crippen LogP contribution in [-0.2, 0) is 6.54 Å². The number of hydrogen-bond donors (Lipinski definition) is 0. The number of aromatic nitrogens is 4. The van der Waals surface area contributed by atoms with Gasteiger partial charge >= 0.3 is 5.76 Å². The largest absolute Gasteiger partial charge is 0.437 e. The Hall–Kier alpha value is -3.21. The number of carbonyl (C=O) groups excluding carboxylic acids is 1. The lowest BCUT2D eigenvalue weighted by molar-refractivity contribution is 0.0988. The number of alkyl halides is 1. The highest BCUT2D eigenvalue weighted by Crippen LogP contribution is 2.35. The van der Waals surface area contributed by atoms with Crippen molar-refractivity contribution in [2.45, 2.75) is 30.6 Å². The van der Waals surface area contributed by atoms with Crippen LogP contribution >= 0.6 is 11.8 Å². The van der Waals surface area contributed by atoms with Crippen molar-refractivity contribution in [2.75, 3.05) is 35.8 Å². The fraction of sp³-hybridized carbons (Fsp3) is 0.381. The van der Waals surface area contributed by atoms with Gasteiger partial charge < -0.3 is 14.2 Å². The van der Waals surface area contributed by atoms with Gasteiger partial charge in [0.25, 0.3) is 5.91 Å². The fourth-order valence-electron chi connectivity index (χ4n) is 4.24. The van der Waals surface area contributed by atoms with Gasteiger partial charge in [0.1, 0.15) is 18.1 Å². The van der Waals surface area contributed by atoms with Gasteiger partial charge in [0.2, 0.25) is 5.89 Å². The molecule has 0 bridgehead atoms. The molecule has 11 heteroatoms. The van der Waals surface area contributed by atoms with Gasteiger partial charge in [-0.25, -0.2) is 19.2 Å². The molecule has 2 aliphatic rings. The first-order chi connectivity index (χ1) is 15.6. The van der Waals surface area contributed by atoms with Crippen molar-refractivity contribution in [1.29, 1.82) is 0 Å². The van der Waals surface area contributed by atoms with Gasteiger partial charge in [-0.3, -0.25) is 4.79 Å². The lowest BCUT2D eigenvalue weighted by Crippen LogP contribution is -2.39. The number of rotatable bonds is 5. The topological polar surface area (TPSA) is 97.4 Å². The molecule has 1 aromatic carbocycles. The molecule has 1 unspecified atom stereocenters. The first-order valence-corrected chi connectivity index (χ1v) is 11.6. The highest BCUT2D eigenvalue weighted by atomic mass is 32.2. The zero-order valence-electron chi connectivity index (χ0n) is 17.4. The summed E-state index contributed by atoms with van der Waals surface area (Å²) in [5.74, 6) is -0.121. The lowest BCUT2D eigenvalue weighted by atomic mass is 10.1. The van der Waals surface area contributed by atoms with Crippen molar-refractivity contribution in [3.8, 4) is 11.5 Å². The Balaban J connectivity index is 1.54. The third-order valence-corrected chi connectivity index (χ3v) is 6.32. The van der Waals surface area contributed by atoms with Crippen molar-refractivity contribution < 1.29 is 13.6 Å². The van der Waals surface area contributed by atoms with E-state index >= 15 is 0 Å². The molecule has 1 atom stereocenters. The summed E-state index contributed by atoms with van der Waals surface area (Å²) in [6.07, 6.45) is 5.50. The van der Waals surface area contributed by atoms with E-state index in [-0.39, 0.29) is 24.4 Å². The van der Waals surface area contributed by atoms with Crippen LogP contribution in [0.15, 0.2) is 44.8 Å². The number of nitrogens with zero attached hydrogens (tertiary/aromatic N) is 6. The summed E-state index contributed by atoms with van der Waals surface area (Å²) in [5.41, 5.74) is 1.66. The number of benzene rings is 1. The summed E-state index contributed by atoms with van der Waals surface area (Å²) < 4.78 is 18.8. The number of carbonyl (C=O) groups is 1. The zero-order valence-corrected chi connectivity index (χ0v) is 18.2. The second-order valence-electron chi connectivity index (χ2n) is 7.63. The fourth-order valence-corrected chi connectivity index (χ4v) is 4.58. The maximum absolute atomic E-state index is 13.5. The highest BCUT2D eigenvalue weighted by molar-refractivity contribution is 7.98. The molecule has 0 saturated carbocycles. The zero-order chi connectivity index (χ0) is 22.2. The summed E-state index contributed by atoms with van der Waals surface area (Å²) >= 11 is 1.44. The Bertz CT molecular complexity index is 1230. The molecule has 0 radical (unpaired) electrons. The molecule has 1 amide bonds. The van der Waals surface area contributed by atoms with Crippen LogP contribution in [0.25, 0.3) is 11.5 Å². The van der Waals surface area contributed by atoms with Gasteiger partial charge in [-0.05, 0) is 37.3 Å². The van der Waals surface area contributed by atoms with Crippen LogP contribution in [-0.4, -0.2) is 57.7 Å². The molecule has 2 aromatic heterocycles. The number of anilines is 2. The minimum absolute atomic E-state index is 0.0865. The van der Waals surface area contributed by atoms with Crippen LogP contribution < -0.4 is 15.6 Å². The third-order valence-electron chi connectivity index (χ3n) is 5.75. The Labute approximate surface area is 187 Å². The van der Waals surface area contributed by atoms with Crippen molar-refractivity contribution in [3.05, 3.63) is 46.6 Å². The first-order valence-electron chi connectivity index (χ1n) is 10.3. The molecule has 0 spiro atoms. The molecular formula is C21H21FN6O3S. The molecule has 1 saturated heterocycles. The van der Waals surface area contributed by atoms with Crippen LogP contribution in [0, 0.1) is 0 Å². The summed E-state index contributed by atoms with van der Waals surface area (Å²) in [4.78, 5) is 38.3. The molecule has 1 fully saturated rings. The number of amides is 1. The number of halogens is 1. The molecule has 3 aromatic rings. The average molecular weight is 457 g/mol. The normalized spacial score (nSPS) is 17.9. The van der Waals surface area contributed by atoms with E-state index in [9.17, 15) is 14.0 Å². The quantitative estimate of drug-likeness (QED) is 0.427. The second-order valence-corrected chi connectivity index (χ2v) is 8.41. The van der Waals surface area contributed by atoms with Gasteiger partial charge in [-0.1, -0.05) is 17.8 Å². The molecule has 2 aliphatic heterocycles. The Morgan fingerprint density at radius 3 is 3.00 bits per heavy atom. The maximum atomic E-state index is 13.5. The Morgan fingerprint density at radius 2 is 2.19 bits per heavy atom. The van der Waals surface area contributed by atoms with Crippen molar-refractivity contribution in [1.82, 2.24) is 19.7 Å². The van der Waals surface area contributed by atoms with Crippen LogP contribution in [0.5, 0.6) is 0 Å². The van der Waals surface area contributed by atoms with E-state index in [0.717, 1.165) is 24.1 Å². The van der Waals surface area contributed by atoms with Crippen LogP contribution in [0.3, 0.4) is 0 Å². The van der Waals surface area contributed by atoms with E-state index in [1.807, 2.05) is 12.3 Å². The SMILES string of the molecule is CSc1ncc2c(n1)N1CCCC1CN(c1cccc(-c3nn(CCF)c(=O)o3)c1)C2=O. The number of hydrogen-bond acceptors (Lipinski definition) is 8. The Morgan fingerprint density at radius 1 is 1.31 bits per heavy atom. The maximum Gasteiger partial charge on any atom is 0.437 e. The van der Waals surface area contributed by atoms with E-state index in [1.54, 1.807) is 29.3 Å². The highest BCUT2D eigenvalue weighted by Gasteiger charge is 2.37. The number of aryl methyl sites for hydroxylation is 1. The van der Waals surface area contributed by atoms with E-state index in [1.165, 1.54) is 11.8 Å². The second kappa shape index (κ2) is 8.38. The summed E-state index contributed by atoms with van der Waals surface area (Å²) in [6.45, 7) is 0.471. The van der Waals surface area contributed by atoms with E-state index in [4.69, 9.17) is 4.42 Å². The van der Waals surface area contributed by atoms with E-state index in [2.05, 4.69) is 20.0 Å². The van der Waals surface area contributed by atoms with Gasteiger partial charge in [0.15, 0.2) is 5.16 Å². The molecule has 32 heavy (non-hydrogen) atoms. The van der Waals surface area contributed by atoms with Gasteiger partial charge in [0.05, 0.1) is 6.54 Å². The monoisotopic (exact) mass is 456 g/mol. The molecule has 9 nitrogen and oxygen atoms in total.